The third kappa shape index (κ3) is 4.36. The van der Waals surface area contributed by atoms with Crippen molar-refractivity contribution in [2.24, 2.45) is 7.05 Å². The van der Waals surface area contributed by atoms with Gasteiger partial charge in [0.05, 0.1) is 15.5 Å². The zero-order chi connectivity index (χ0) is 22.1. The average Bonchev–Trinajstić information content (AvgIpc) is 3.18. The quantitative estimate of drug-likeness (QED) is 0.544. The van der Waals surface area contributed by atoms with Gasteiger partial charge in [0.1, 0.15) is 0 Å². The monoisotopic (exact) mass is 486 g/mol. The predicted octanol–water partition coefficient (Wildman–Crippen LogP) is 4.15. The summed E-state index contributed by atoms with van der Waals surface area (Å²) in [6.07, 6.45) is -4.64. The number of alkyl halides is 3. The molecule has 1 N–H and O–H groups in total. The Balaban J connectivity index is 1.94. The Morgan fingerprint density at radius 1 is 1.23 bits per heavy atom. The van der Waals surface area contributed by atoms with Crippen LogP contribution in [0.25, 0.3) is 11.0 Å². The maximum atomic E-state index is 13.2. The lowest BCUT2D eigenvalue weighted by atomic mass is 10.3. The van der Waals surface area contributed by atoms with Crippen LogP contribution >= 0.6 is 15.9 Å². The molecule has 0 aliphatic heterocycles. The third-order valence-electron chi connectivity index (χ3n) is 4.89. The van der Waals surface area contributed by atoms with E-state index in [1.807, 2.05) is 28.8 Å². The summed E-state index contributed by atoms with van der Waals surface area (Å²) in [5.74, 6) is -0.508. The van der Waals surface area contributed by atoms with Crippen molar-refractivity contribution in [2.75, 3.05) is 25.0 Å². The molecule has 30 heavy (non-hydrogen) atoms. The van der Waals surface area contributed by atoms with Crippen LogP contribution in [0.4, 0.5) is 19.1 Å². The number of likely N-dealkylation sites (N-methyl/N-ethyl adjacent to an activating group) is 1. The molecule has 0 spiro atoms. The number of imidazole rings is 1. The number of aromatic nitrogens is 4. The van der Waals surface area contributed by atoms with E-state index >= 15 is 0 Å². The molecular formula is C19H22BrF3N6O. The van der Waals surface area contributed by atoms with E-state index < -0.39 is 22.3 Å². The highest BCUT2D eigenvalue weighted by atomic mass is 79.9. The number of hydrogen-bond donors (Lipinski definition) is 1. The number of anilines is 1. The van der Waals surface area contributed by atoms with E-state index in [4.69, 9.17) is 0 Å². The summed E-state index contributed by atoms with van der Waals surface area (Å²) >= 11 is 2.88. The fourth-order valence-electron chi connectivity index (χ4n) is 3.29. The van der Waals surface area contributed by atoms with Gasteiger partial charge >= 0.3 is 6.18 Å². The summed E-state index contributed by atoms with van der Waals surface area (Å²) in [6, 6.07) is 7.41. The lowest BCUT2D eigenvalue weighted by Crippen LogP contribution is -2.27. The number of para-hydroxylation sites is 2. The summed E-state index contributed by atoms with van der Waals surface area (Å²) in [5.41, 5.74) is 0.134. The first-order valence-corrected chi connectivity index (χ1v) is 10.2. The van der Waals surface area contributed by atoms with Crippen LogP contribution in [-0.2, 0) is 19.8 Å². The van der Waals surface area contributed by atoms with Gasteiger partial charge in [0.2, 0.25) is 5.95 Å². The third-order valence-corrected chi connectivity index (χ3v) is 5.64. The SMILES string of the molecule is CCN(CC)CCn1c(NC(=O)c2nn(C)c(C(F)(F)F)c2Br)nc2ccccc21. The van der Waals surface area contributed by atoms with Gasteiger partial charge in [-0.3, -0.25) is 14.8 Å². The fraction of sp³-hybridized carbons (Fsp3) is 0.421. The first kappa shape index (κ1) is 22.3. The maximum Gasteiger partial charge on any atom is 0.434 e. The molecule has 0 aliphatic rings. The van der Waals surface area contributed by atoms with Crippen LogP contribution in [0.1, 0.15) is 30.0 Å². The van der Waals surface area contributed by atoms with Crippen LogP contribution in [0.15, 0.2) is 28.7 Å². The predicted molar refractivity (Wildman–Crippen MR) is 111 cm³/mol. The minimum atomic E-state index is -4.64. The van der Waals surface area contributed by atoms with E-state index in [9.17, 15) is 18.0 Å². The molecule has 1 amide bonds. The number of aryl methyl sites for hydroxylation is 1. The molecule has 3 aromatic rings. The Bertz CT molecular complexity index is 1050. The molecule has 1 aromatic carbocycles. The number of rotatable bonds is 7. The van der Waals surface area contributed by atoms with E-state index in [-0.39, 0.29) is 11.6 Å². The van der Waals surface area contributed by atoms with Gasteiger partial charge in [0.15, 0.2) is 11.4 Å². The number of amides is 1. The molecule has 3 rings (SSSR count). The van der Waals surface area contributed by atoms with Crippen molar-refractivity contribution in [3.05, 3.63) is 40.1 Å². The number of nitrogens with one attached hydrogen (secondary N) is 1. The summed E-state index contributed by atoms with van der Waals surface area (Å²) < 4.78 is 41.7. The molecule has 11 heteroatoms. The minimum absolute atomic E-state index is 0.263. The van der Waals surface area contributed by atoms with Crippen molar-refractivity contribution in [1.82, 2.24) is 24.2 Å². The van der Waals surface area contributed by atoms with Gasteiger partial charge in [0, 0.05) is 20.1 Å². The summed E-state index contributed by atoms with van der Waals surface area (Å²) in [5, 5.41) is 6.38. The van der Waals surface area contributed by atoms with Crippen molar-refractivity contribution >= 4 is 38.8 Å². The molecule has 0 aliphatic carbocycles. The van der Waals surface area contributed by atoms with Gasteiger partial charge in [-0.15, -0.1) is 0 Å². The number of carbonyl (C=O) groups is 1. The highest BCUT2D eigenvalue weighted by Crippen LogP contribution is 2.36. The Morgan fingerprint density at radius 3 is 2.50 bits per heavy atom. The van der Waals surface area contributed by atoms with E-state index in [0.29, 0.717) is 16.7 Å². The largest absolute Gasteiger partial charge is 0.434 e. The standard InChI is InChI=1S/C19H22BrF3N6O/c1-4-28(5-2)10-11-29-13-9-7-6-8-12(13)24-18(29)25-17(30)15-14(20)16(19(21,22)23)27(3)26-15/h6-9H,4-5,10-11H2,1-3H3,(H,24,25,30). The summed E-state index contributed by atoms with van der Waals surface area (Å²) in [7, 11) is 1.14. The zero-order valence-electron chi connectivity index (χ0n) is 16.8. The Morgan fingerprint density at radius 2 is 1.90 bits per heavy atom. The van der Waals surface area contributed by atoms with Crippen molar-refractivity contribution in [1.29, 1.82) is 0 Å². The fourth-order valence-corrected chi connectivity index (χ4v) is 4.03. The number of hydrogen-bond acceptors (Lipinski definition) is 4. The lowest BCUT2D eigenvalue weighted by Gasteiger charge is -2.19. The molecule has 0 radical (unpaired) electrons. The van der Waals surface area contributed by atoms with Crippen molar-refractivity contribution in [3.8, 4) is 0 Å². The van der Waals surface area contributed by atoms with Crippen LogP contribution in [0.2, 0.25) is 0 Å². The number of halogens is 4. The Kier molecular flexibility index (Phi) is 6.51. The van der Waals surface area contributed by atoms with Gasteiger partial charge in [0.25, 0.3) is 5.91 Å². The summed E-state index contributed by atoms with van der Waals surface area (Å²) in [6.45, 7) is 7.19. The molecule has 0 unspecified atom stereocenters. The van der Waals surface area contributed by atoms with Crippen molar-refractivity contribution in [2.45, 2.75) is 26.6 Å². The van der Waals surface area contributed by atoms with E-state index in [1.165, 1.54) is 0 Å². The average molecular weight is 487 g/mol. The smallest absolute Gasteiger partial charge is 0.309 e. The van der Waals surface area contributed by atoms with Gasteiger partial charge < -0.3 is 9.47 Å². The number of benzene rings is 1. The Hall–Kier alpha value is -2.40. The number of nitrogens with zero attached hydrogens (tertiary/aromatic N) is 5. The normalized spacial score (nSPS) is 12.1. The number of carbonyl (C=O) groups excluding carboxylic acids is 1. The molecule has 0 saturated heterocycles. The van der Waals surface area contributed by atoms with Crippen molar-refractivity contribution in [3.63, 3.8) is 0 Å². The molecule has 0 fully saturated rings. The second-order valence-corrected chi connectivity index (χ2v) is 7.48. The first-order valence-electron chi connectivity index (χ1n) is 9.46. The minimum Gasteiger partial charge on any atom is -0.309 e. The Labute approximate surface area is 180 Å². The molecule has 7 nitrogen and oxygen atoms in total. The van der Waals surface area contributed by atoms with Crippen molar-refractivity contribution < 1.29 is 18.0 Å². The van der Waals surface area contributed by atoms with E-state index in [2.05, 4.69) is 50.1 Å². The molecule has 162 valence electrons. The second kappa shape index (κ2) is 8.76. The number of fused-ring (bicyclic) bond motifs is 1. The molecule has 2 aromatic heterocycles. The van der Waals surface area contributed by atoms with E-state index in [0.717, 1.165) is 32.2 Å². The van der Waals surface area contributed by atoms with Gasteiger partial charge in [-0.05, 0) is 41.2 Å². The first-order chi connectivity index (χ1) is 14.2. The molecule has 0 bridgehead atoms. The second-order valence-electron chi connectivity index (χ2n) is 6.69. The molecule has 0 saturated carbocycles. The lowest BCUT2D eigenvalue weighted by molar-refractivity contribution is -0.144. The zero-order valence-corrected chi connectivity index (χ0v) is 18.4. The summed E-state index contributed by atoms with van der Waals surface area (Å²) in [4.78, 5) is 19.4. The topological polar surface area (TPSA) is 68.0 Å². The van der Waals surface area contributed by atoms with Gasteiger partial charge in [-0.2, -0.15) is 18.3 Å². The van der Waals surface area contributed by atoms with Gasteiger partial charge in [-0.1, -0.05) is 26.0 Å². The van der Waals surface area contributed by atoms with Crippen LogP contribution < -0.4 is 5.32 Å². The highest BCUT2D eigenvalue weighted by Gasteiger charge is 2.39. The van der Waals surface area contributed by atoms with Crippen LogP contribution in [0.3, 0.4) is 0 Å². The molecule has 2 heterocycles. The van der Waals surface area contributed by atoms with Crippen LogP contribution in [0, 0.1) is 0 Å². The molecular weight excluding hydrogens is 465 g/mol. The maximum absolute atomic E-state index is 13.2. The van der Waals surface area contributed by atoms with Crippen LogP contribution in [-0.4, -0.2) is 49.8 Å². The molecule has 0 atom stereocenters. The van der Waals surface area contributed by atoms with Gasteiger partial charge in [-0.25, -0.2) is 4.98 Å². The highest BCUT2D eigenvalue weighted by molar-refractivity contribution is 9.10. The van der Waals surface area contributed by atoms with E-state index in [1.54, 1.807) is 0 Å². The van der Waals surface area contributed by atoms with Crippen LogP contribution in [0.5, 0.6) is 0 Å².